The van der Waals surface area contributed by atoms with Gasteiger partial charge in [-0.25, -0.2) is 4.79 Å². The van der Waals surface area contributed by atoms with Gasteiger partial charge in [0.05, 0.1) is 6.61 Å². The Morgan fingerprint density at radius 3 is 2.48 bits per heavy atom. The van der Waals surface area contributed by atoms with Crippen molar-refractivity contribution in [1.82, 2.24) is 10.2 Å². The van der Waals surface area contributed by atoms with E-state index in [9.17, 15) is 4.79 Å². The maximum Gasteiger partial charge on any atom is 0.409 e. The van der Waals surface area contributed by atoms with E-state index >= 15 is 0 Å². The first-order valence-corrected chi connectivity index (χ1v) is 9.51. The third-order valence-electron chi connectivity index (χ3n) is 4.34. The van der Waals surface area contributed by atoms with Crippen molar-refractivity contribution in [1.29, 1.82) is 0 Å². The minimum absolute atomic E-state index is 0. The van der Waals surface area contributed by atoms with Crippen molar-refractivity contribution in [2.24, 2.45) is 16.6 Å². The number of guanidine groups is 1. The van der Waals surface area contributed by atoms with E-state index in [4.69, 9.17) is 10.5 Å². The number of aliphatic imine (C=N–C) groups is 1. The van der Waals surface area contributed by atoms with Crippen LogP contribution in [0.3, 0.4) is 0 Å². The highest BCUT2D eigenvalue weighted by Crippen LogP contribution is 2.11. The highest BCUT2D eigenvalue weighted by atomic mass is 127. The van der Waals surface area contributed by atoms with Gasteiger partial charge in [0.2, 0.25) is 0 Å². The molecule has 0 spiro atoms. The Morgan fingerprint density at radius 1 is 1.24 bits per heavy atom. The summed E-state index contributed by atoms with van der Waals surface area (Å²) in [6, 6.07) is 0.297. The lowest BCUT2D eigenvalue weighted by Crippen LogP contribution is -2.48. The van der Waals surface area contributed by atoms with Gasteiger partial charge in [-0.2, -0.15) is 0 Å². The highest BCUT2D eigenvalue weighted by molar-refractivity contribution is 14.0. The standard InChI is InChI=1S/C18H36N4O2.HI/c1-4-24-18(23)22-13-10-16(11-14-22)21-17(19)20-12-8-6-5-7-9-15(2)3;/h15-16H,4-14H2,1-3H3,(H3,19,20,21);1H. The zero-order valence-corrected chi connectivity index (χ0v) is 18.5. The molecular formula is C18H37IN4O2. The molecule has 0 unspecified atom stereocenters. The summed E-state index contributed by atoms with van der Waals surface area (Å²) in [5.41, 5.74) is 5.96. The van der Waals surface area contributed by atoms with Crippen LogP contribution in [0.5, 0.6) is 0 Å². The number of halogens is 1. The topological polar surface area (TPSA) is 80.0 Å². The number of hydrogen-bond donors (Lipinski definition) is 2. The Morgan fingerprint density at radius 2 is 1.88 bits per heavy atom. The zero-order chi connectivity index (χ0) is 17.8. The first-order chi connectivity index (χ1) is 11.5. The summed E-state index contributed by atoms with van der Waals surface area (Å²) in [7, 11) is 0. The predicted molar refractivity (Wildman–Crippen MR) is 115 cm³/mol. The smallest absolute Gasteiger partial charge is 0.409 e. The van der Waals surface area contributed by atoms with Crippen LogP contribution in [0.15, 0.2) is 4.99 Å². The van der Waals surface area contributed by atoms with Crippen molar-refractivity contribution in [3.8, 4) is 0 Å². The van der Waals surface area contributed by atoms with Gasteiger partial charge in [0.15, 0.2) is 5.96 Å². The number of nitrogens with two attached hydrogens (primary N) is 1. The van der Waals surface area contributed by atoms with Crippen molar-refractivity contribution >= 4 is 36.0 Å². The molecule has 0 radical (unpaired) electrons. The number of amides is 1. The van der Waals surface area contributed by atoms with E-state index < -0.39 is 0 Å². The largest absolute Gasteiger partial charge is 0.450 e. The van der Waals surface area contributed by atoms with Crippen molar-refractivity contribution in [2.45, 2.75) is 71.8 Å². The predicted octanol–water partition coefficient (Wildman–Crippen LogP) is 3.74. The number of piperidine rings is 1. The van der Waals surface area contributed by atoms with Crippen molar-refractivity contribution in [3.63, 3.8) is 0 Å². The number of carbonyl (C=O) groups excluding carboxylic acids is 1. The van der Waals surface area contributed by atoms with E-state index in [0.29, 0.717) is 31.7 Å². The van der Waals surface area contributed by atoms with E-state index in [-0.39, 0.29) is 30.1 Å². The SMILES string of the molecule is CCOC(=O)N1CCC(NC(N)=NCCCCCCC(C)C)CC1.I. The third kappa shape index (κ3) is 11.5. The van der Waals surface area contributed by atoms with Gasteiger partial charge < -0.3 is 20.7 Å². The zero-order valence-electron chi connectivity index (χ0n) is 16.1. The molecule has 7 heteroatoms. The molecule has 1 heterocycles. The average molecular weight is 468 g/mol. The molecule has 3 N–H and O–H groups in total. The Labute approximate surface area is 170 Å². The summed E-state index contributed by atoms with van der Waals surface area (Å²) < 4.78 is 5.02. The summed E-state index contributed by atoms with van der Waals surface area (Å²) in [4.78, 5) is 17.8. The van der Waals surface area contributed by atoms with Gasteiger partial charge in [-0.3, -0.25) is 4.99 Å². The number of nitrogens with zero attached hydrogens (tertiary/aromatic N) is 2. The summed E-state index contributed by atoms with van der Waals surface area (Å²) in [6.45, 7) is 9.00. The van der Waals surface area contributed by atoms with Crippen LogP contribution in [0.25, 0.3) is 0 Å². The van der Waals surface area contributed by atoms with Crippen LogP contribution < -0.4 is 11.1 Å². The summed E-state index contributed by atoms with van der Waals surface area (Å²) in [5, 5.41) is 3.28. The van der Waals surface area contributed by atoms with E-state index in [0.717, 1.165) is 31.7 Å². The fourth-order valence-corrected chi connectivity index (χ4v) is 2.89. The Bertz CT molecular complexity index is 383. The monoisotopic (exact) mass is 468 g/mol. The van der Waals surface area contributed by atoms with Crippen molar-refractivity contribution < 1.29 is 9.53 Å². The number of likely N-dealkylation sites (tertiary alicyclic amines) is 1. The van der Waals surface area contributed by atoms with Crippen molar-refractivity contribution in [3.05, 3.63) is 0 Å². The number of nitrogens with one attached hydrogen (secondary N) is 1. The van der Waals surface area contributed by atoms with Gasteiger partial charge in [0.25, 0.3) is 0 Å². The fourth-order valence-electron chi connectivity index (χ4n) is 2.89. The molecule has 1 fully saturated rings. The number of rotatable bonds is 9. The van der Waals surface area contributed by atoms with Crippen LogP contribution in [0.1, 0.15) is 65.7 Å². The molecular weight excluding hydrogens is 431 g/mol. The summed E-state index contributed by atoms with van der Waals surface area (Å²) >= 11 is 0. The molecule has 148 valence electrons. The molecule has 0 aromatic heterocycles. The number of ether oxygens (including phenoxy) is 1. The maximum atomic E-state index is 11.6. The molecule has 0 aromatic carbocycles. The molecule has 0 bridgehead atoms. The number of unbranched alkanes of at least 4 members (excludes halogenated alkanes) is 3. The number of hydrogen-bond acceptors (Lipinski definition) is 3. The maximum absolute atomic E-state index is 11.6. The van der Waals surface area contributed by atoms with Gasteiger partial charge >= 0.3 is 6.09 Å². The lowest BCUT2D eigenvalue weighted by molar-refractivity contribution is 0.0963. The van der Waals surface area contributed by atoms with Gasteiger partial charge in [-0.1, -0.05) is 39.5 Å². The fraction of sp³-hybridized carbons (Fsp3) is 0.889. The first-order valence-electron chi connectivity index (χ1n) is 9.51. The second-order valence-electron chi connectivity index (χ2n) is 6.97. The minimum Gasteiger partial charge on any atom is -0.450 e. The average Bonchev–Trinajstić information content (AvgIpc) is 2.54. The normalized spacial score (nSPS) is 15.8. The lowest BCUT2D eigenvalue weighted by Gasteiger charge is -2.31. The Kier molecular flexibility index (Phi) is 14.0. The first kappa shape index (κ1) is 24.3. The van der Waals surface area contributed by atoms with Gasteiger partial charge in [-0.15, -0.1) is 24.0 Å². The molecule has 0 aliphatic carbocycles. The van der Waals surface area contributed by atoms with Crippen molar-refractivity contribution in [2.75, 3.05) is 26.2 Å². The van der Waals surface area contributed by atoms with Crippen LogP contribution in [0.2, 0.25) is 0 Å². The minimum atomic E-state index is -0.213. The molecule has 1 aliphatic heterocycles. The lowest BCUT2D eigenvalue weighted by atomic mass is 10.0. The van der Waals surface area contributed by atoms with E-state index in [1.165, 1.54) is 25.7 Å². The van der Waals surface area contributed by atoms with Gasteiger partial charge in [0.1, 0.15) is 0 Å². The molecule has 1 amide bonds. The van der Waals surface area contributed by atoms with Crippen LogP contribution in [0.4, 0.5) is 4.79 Å². The van der Waals surface area contributed by atoms with Crippen LogP contribution in [0, 0.1) is 5.92 Å². The van der Waals surface area contributed by atoms with Gasteiger partial charge in [0, 0.05) is 25.7 Å². The summed E-state index contributed by atoms with van der Waals surface area (Å²) in [6.07, 6.45) is 7.78. The summed E-state index contributed by atoms with van der Waals surface area (Å²) in [5.74, 6) is 1.34. The van der Waals surface area contributed by atoms with Crippen LogP contribution in [-0.4, -0.2) is 49.2 Å². The second-order valence-corrected chi connectivity index (χ2v) is 6.97. The Hall–Kier alpha value is -0.730. The quantitative estimate of drug-likeness (QED) is 0.234. The number of carbonyl (C=O) groups is 1. The van der Waals surface area contributed by atoms with E-state index in [1.54, 1.807) is 4.90 Å². The molecule has 1 saturated heterocycles. The molecule has 1 aliphatic rings. The molecule has 0 atom stereocenters. The third-order valence-corrected chi connectivity index (χ3v) is 4.34. The molecule has 0 aromatic rings. The van der Waals surface area contributed by atoms with Crippen LogP contribution >= 0.6 is 24.0 Å². The highest BCUT2D eigenvalue weighted by Gasteiger charge is 2.23. The van der Waals surface area contributed by atoms with Crippen LogP contribution in [-0.2, 0) is 4.74 Å². The Balaban J connectivity index is 0.00000576. The van der Waals surface area contributed by atoms with E-state index in [2.05, 4.69) is 24.2 Å². The molecule has 6 nitrogen and oxygen atoms in total. The molecule has 25 heavy (non-hydrogen) atoms. The molecule has 0 saturated carbocycles. The van der Waals surface area contributed by atoms with Gasteiger partial charge in [-0.05, 0) is 32.1 Å². The molecule has 1 rings (SSSR count). The second kappa shape index (κ2) is 14.4. The van der Waals surface area contributed by atoms with E-state index in [1.807, 2.05) is 6.92 Å².